The van der Waals surface area contributed by atoms with Crippen LogP contribution in [0.15, 0.2) is 40.9 Å². The van der Waals surface area contributed by atoms with Gasteiger partial charge in [0.15, 0.2) is 0 Å². The number of hydrogen-bond acceptors (Lipinski definition) is 6. The van der Waals surface area contributed by atoms with Crippen molar-refractivity contribution < 1.29 is 23.8 Å². The summed E-state index contributed by atoms with van der Waals surface area (Å²) in [5.74, 6) is -1.98. The first-order valence-electron chi connectivity index (χ1n) is 8.22. The number of amides is 2. The highest BCUT2D eigenvalue weighted by Crippen LogP contribution is 2.39. The van der Waals surface area contributed by atoms with Gasteiger partial charge in [0, 0.05) is 17.1 Å². The van der Waals surface area contributed by atoms with Gasteiger partial charge < -0.3 is 25.7 Å². The first kappa shape index (κ1) is 18.4. The zero-order valence-corrected chi connectivity index (χ0v) is 14.6. The number of carbonyl (C=O) groups is 2. The zero-order chi connectivity index (χ0) is 19.6. The lowest BCUT2D eigenvalue weighted by atomic mass is 9.92. The Hall–Kier alpha value is -3.39. The topological polar surface area (TPSA) is 142 Å². The third-order valence-electron chi connectivity index (χ3n) is 4.25. The highest BCUT2D eigenvalue weighted by molar-refractivity contribution is 6.09. The number of benzene rings is 1. The molecule has 5 N–H and O–H groups in total. The van der Waals surface area contributed by atoms with Crippen molar-refractivity contribution in [1.82, 2.24) is 4.98 Å². The van der Waals surface area contributed by atoms with E-state index >= 15 is 0 Å². The van der Waals surface area contributed by atoms with Crippen molar-refractivity contribution in [1.29, 1.82) is 0 Å². The molecule has 27 heavy (non-hydrogen) atoms. The first-order chi connectivity index (χ1) is 12.9. The molecule has 2 heterocycles. The molecule has 0 saturated heterocycles. The summed E-state index contributed by atoms with van der Waals surface area (Å²) in [7, 11) is 0. The minimum absolute atomic E-state index is 0.124. The molecule has 3 aromatic rings. The number of pyridine rings is 1. The number of rotatable bonds is 7. The molecular formula is C19H19N3O5. The summed E-state index contributed by atoms with van der Waals surface area (Å²) in [5, 5.41) is 10.1. The highest BCUT2D eigenvalue weighted by Gasteiger charge is 2.29. The molecule has 140 valence electrons. The number of aliphatic hydroxyl groups is 1. The number of aliphatic hydroxyl groups excluding tert-OH is 1. The van der Waals surface area contributed by atoms with Crippen LogP contribution >= 0.6 is 0 Å². The standard InChI is InChI=1S/C19H19N3O5/c1-10-15(19(21)25)17-14(27-10)6-5-13(16(17)12(8-23)18(20)24)26-9-11-4-2-3-7-22-11/h2-7,12,23H,8-9H2,1H3,(H2,20,24)(H2,21,25). The van der Waals surface area contributed by atoms with Crippen molar-refractivity contribution >= 4 is 22.8 Å². The van der Waals surface area contributed by atoms with Crippen molar-refractivity contribution in [3.05, 3.63) is 59.1 Å². The summed E-state index contributed by atoms with van der Waals surface area (Å²) in [6.45, 7) is 1.16. The Labute approximate surface area is 154 Å². The summed E-state index contributed by atoms with van der Waals surface area (Å²) >= 11 is 0. The van der Waals surface area contributed by atoms with Gasteiger partial charge in [-0.25, -0.2) is 0 Å². The number of ether oxygens (including phenoxy) is 1. The predicted octanol–water partition coefficient (Wildman–Crippen LogP) is 1.38. The van der Waals surface area contributed by atoms with Gasteiger partial charge in [-0.05, 0) is 31.2 Å². The van der Waals surface area contributed by atoms with Gasteiger partial charge in [-0.15, -0.1) is 0 Å². The van der Waals surface area contributed by atoms with E-state index in [1.807, 2.05) is 6.07 Å². The van der Waals surface area contributed by atoms with Crippen LogP contribution in [0, 0.1) is 6.92 Å². The van der Waals surface area contributed by atoms with E-state index in [1.165, 1.54) is 0 Å². The Balaban J connectivity index is 2.18. The van der Waals surface area contributed by atoms with E-state index in [2.05, 4.69) is 4.98 Å². The van der Waals surface area contributed by atoms with E-state index in [0.29, 0.717) is 22.4 Å². The summed E-state index contributed by atoms with van der Waals surface area (Å²) in [6.07, 6.45) is 1.63. The third kappa shape index (κ3) is 3.47. The maximum absolute atomic E-state index is 12.0. The fourth-order valence-corrected chi connectivity index (χ4v) is 3.04. The smallest absolute Gasteiger partial charge is 0.252 e. The lowest BCUT2D eigenvalue weighted by Crippen LogP contribution is -2.25. The maximum Gasteiger partial charge on any atom is 0.252 e. The number of aryl methyl sites for hydroxylation is 1. The molecule has 0 radical (unpaired) electrons. The largest absolute Gasteiger partial charge is 0.487 e. The lowest BCUT2D eigenvalue weighted by molar-refractivity contribution is -0.120. The van der Waals surface area contributed by atoms with Gasteiger partial charge in [-0.2, -0.15) is 0 Å². The third-order valence-corrected chi connectivity index (χ3v) is 4.25. The number of primary amides is 2. The molecule has 2 aromatic heterocycles. The quantitative estimate of drug-likeness (QED) is 0.574. The molecule has 0 spiro atoms. The number of fused-ring (bicyclic) bond motifs is 1. The van der Waals surface area contributed by atoms with Gasteiger partial charge in [-0.3, -0.25) is 14.6 Å². The summed E-state index contributed by atoms with van der Waals surface area (Å²) in [5.41, 5.74) is 12.4. The van der Waals surface area contributed by atoms with Gasteiger partial charge in [0.25, 0.3) is 5.91 Å². The van der Waals surface area contributed by atoms with Crippen LogP contribution in [-0.2, 0) is 11.4 Å². The van der Waals surface area contributed by atoms with Crippen LogP contribution in [0.25, 0.3) is 11.0 Å². The van der Waals surface area contributed by atoms with Crippen LogP contribution in [-0.4, -0.2) is 28.5 Å². The zero-order valence-electron chi connectivity index (χ0n) is 14.6. The summed E-state index contributed by atoms with van der Waals surface area (Å²) < 4.78 is 11.4. The Morgan fingerprint density at radius 2 is 2.04 bits per heavy atom. The van der Waals surface area contributed by atoms with E-state index in [1.54, 1.807) is 37.4 Å². The second-order valence-electron chi connectivity index (χ2n) is 6.00. The van der Waals surface area contributed by atoms with Crippen LogP contribution < -0.4 is 16.2 Å². The van der Waals surface area contributed by atoms with E-state index in [-0.39, 0.29) is 23.5 Å². The second kappa shape index (κ2) is 7.46. The minimum atomic E-state index is -1.09. The van der Waals surface area contributed by atoms with Gasteiger partial charge in [0.2, 0.25) is 5.91 Å². The molecule has 0 saturated carbocycles. The molecule has 0 fully saturated rings. The molecule has 0 aliphatic heterocycles. The van der Waals surface area contributed by atoms with E-state index in [4.69, 9.17) is 20.6 Å². The molecule has 0 aliphatic carbocycles. The number of nitrogens with two attached hydrogens (primary N) is 2. The maximum atomic E-state index is 12.0. The molecule has 1 unspecified atom stereocenters. The van der Waals surface area contributed by atoms with Crippen molar-refractivity contribution in [2.24, 2.45) is 11.5 Å². The van der Waals surface area contributed by atoms with Gasteiger partial charge in [-0.1, -0.05) is 6.07 Å². The van der Waals surface area contributed by atoms with E-state index in [0.717, 1.165) is 0 Å². The number of aromatic nitrogens is 1. The molecule has 2 amide bonds. The molecule has 8 heteroatoms. The highest BCUT2D eigenvalue weighted by atomic mass is 16.5. The molecule has 1 aromatic carbocycles. The number of hydrogen-bond donors (Lipinski definition) is 3. The molecule has 0 bridgehead atoms. The van der Waals surface area contributed by atoms with Crippen LogP contribution in [0.2, 0.25) is 0 Å². The number of carbonyl (C=O) groups excluding carboxylic acids is 2. The average molecular weight is 369 g/mol. The van der Waals surface area contributed by atoms with Crippen molar-refractivity contribution in [2.75, 3.05) is 6.61 Å². The fourth-order valence-electron chi connectivity index (χ4n) is 3.04. The second-order valence-corrected chi connectivity index (χ2v) is 6.00. The summed E-state index contributed by atoms with van der Waals surface area (Å²) in [6, 6.07) is 8.59. The Morgan fingerprint density at radius 1 is 1.26 bits per heavy atom. The molecule has 0 aliphatic rings. The van der Waals surface area contributed by atoms with Crippen LogP contribution in [0.5, 0.6) is 5.75 Å². The van der Waals surface area contributed by atoms with Gasteiger partial charge >= 0.3 is 0 Å². The van der Waals surface area contributed by atoms with Crippen molar-refractivity contribution in [2.45, 2.75) is 19.4 Å². The van der Waals surface area contributed by atoms with Gasteiger partial charge in [0.1, 0.15) is 23.7 Å². The predicted molar refractivity (Wildman–Crippen MR) is 97.1 cm³/mol. The normalized spacial score (nSPS) is 12.1. The van der Waals surface area contributed by atoms with Gasteiger partial charge in [0.05, 0.1) is 23.8 Å². The Bertz CT molecular complexity index is 997. The number of nitrogens with zero attached hydrogens (tertiary/aromatic N) is 1. The lowest BCUT2D eigenvalue weighted by Gasteiger charge is -2.18. The molecule has 8 nitrogen and oxygen atoms in total. The minimum Gasteiger partial charge on any atom is -0.487 e. The Morgan fingerprint density at radius 3 is 2.63 bits per heavy atom. The summed E-state index contributed by atoms with van der Waals surface area (Å²) in [4.78, 5) is 28.1. The van der Waals surface area contributed by atoms with Crippen molar-refractivity contribution in [3.8, 4) is 5.75 Å². The molecular weight excluding hydrogens is 350 g/mol. The number of furan rings is 1. The average Bonchev–Trinajstić information content (AvgIpc) is 2.98. The van der Waals surface area contributed by atoms with Crippen molar-refractivity contribution in [3.63, 3.8) is 0 Å². The SMILES string of the molecule is Cc1oc2ccc(OCc3ccccn3)c(C(CO)C(N)=O)c2c1C(N)=O. The van der Waals surface area contributed by atoms with E-state index in [9.17, 15) is 14.7 Å². The molecule has 3 rings (SSSR count). The fraction of sp³-hybridized carbons (Fsp3) is 0.211. The Kier molecular flexibility index (Phi) is 5.09. The monoisotopic (exact) mass is 369 g/mol. The van der Waals surface area contributed by atoms with E-state index < -0.39 is 24.3 Å². The molecule has 1 atom stereocenters. The first-order valence-corrected chi connectivity index (χ1v) is 8.22. The van der Waals surface area contributed by atoms with Crippen LogP contribution in [0.3, 0.4) is 0 Å². The van der Waals surface area contributed by atoms with Crippen LogP contribution in [0.1, 0.15) is 33.3 Å². The van der Waals surface area contributed by atoms with Crippen LogP contribution in [0.4, 0.5) is 0 Å².